The largest absolute Gasteiger partial charge is 0.444 e. The molecule has 1 fully saturated rings. The zero-order valence-electron chi connectivity index (χ0n) is 16.6. The Hall–Kier alpha value is -2.10. The van der Waals surface area contributed by atoms with Gasteiger partial charge in [0.25, 0.3) is 5.56 Å². The number of aromatic amines is 1. The van der Waals surface area contributed by atoms with Crippen molar-refractivity contribution in [3.63, 3.8) is 0 Å². The maximum Gasteiger partial charge on any atom is 0.410 e. The number of carbonyl (C=O) groups excluding carboxylic acids is 1. The monoisotopic (exact) mass is 441 g/mol. The normalized spacial score (nSPS) is 16.6. The zero-order chi connectivity index (χ0) is 21.4. The number of fused-ring (bicyclic) bond motifs is 1. The van der Waals surface area contributed by atoms with E-state index in [0.29, 0.717) is 13.0 Å². The summed E-state index contributed by atoms with van der Waals surface area (Å²) in [6, 6.07) is 4.50. The van der Waals surface area contributed by atoms with Gasteiger partial charge >= 0.3 is 6.09 Å². The average molecular weight is 442 g/mol. The SMILES string of the molecule is CC(C)(C)OC(=O)N1CCCN(S(=O)(=O)c2cccc3c(=O)[nH]cc(Cl)c23)CC1. The Morgan fingerprint density at radius 1 is 1.17 bits per heavy atom. The molecule has 1 aromatic heterocycles. The lowest BCUT2D eigenvalue weighted by Crippen LogP contribution is -2.40. The number of benzene rings is 1. The highest BCUT2D eigenvalue weighted by atomic mass is 35.5. The van der Waals surface area contributed by atoms with E-state index >= 15 is 0 Å². The number of halogens is 1. The molecule has 1 saturated heterocycles. The van der Waals surface area contributed by atoms with Crippen LogP contribution in [0.1, 0.15) is 27.2 Å². The third-order valence-electron chi connectivity index (χ3n) is 4.56. The van der Waals surface area contributed by atoms with Crippen molar-refractivity contribution in [3.05, 3.63) is 39.8 Å². The number of rotatable bonds is 2. The van der Waals surface area contributed by atoms with Crippen LogP contribution in [-0.4, -0.2) is 60.5 Å². The molecule has 1 aliphatic heterocycles. The second-order valence-electron chi connectivity index (χ2n) is 7.87. The maximum absolute atomic E-state index is 13.3. The van der Waals surface area contributed by atoms with Crippen LogP contribution in [0.25, 0.3) is 10.8 Å². The summed E-state index contributed by atoms with van der Waals surface area (Å²) in [4.78, 5) is 28.4. The van der Waals surface area contributed by atoms with E-state index in [-0.39, 0.29) is 40.3 Å². The van der Waals surface area contributed by atoms with Crippen molar-refractivity contribution < 1.29 is 17.9 Å². The fourth-order valence-corrected chi connectivity index (χ4v) is 5.25. The van der Waals surface area contributed by atoms with Crippen molar-refractivity contribution in [1.29, 1.82) is 0 Å². The van der Waals surface area contributed by atoms with Crippen LogP contribution < -0.4 is 5.56 Å². The van der Waals surface area contributed by atoms with Crippen LogP contribution in [0.15, 0.2) is 34.1 Å². The molecule has 1 N–H and O–H groups in total. The minimum Gasteiger partial charge on any atom is -0.444 e. The van der Waals surface area contributed by atoms with E-state index in [1.807, 2.05) is 0 Å². The number of hydrogen-bond acceptors (Lipinski definition) is 5. The molecule has 0 spiro atoms. The summed E-state index contributed by atoms with van der Waals surface area (Å²) in [5.41, 5.74) is -1.03. The summed E-state index contributed by atoms with van der Waals surface area (Å²) in [5.74, 6) is 0. The van der Waals surface area contributed by atoms with E-state index < -0.39 is 27.3 Å². The van der Waals surface area contributed by atoms with Crippen LogP contribution in [0.2, 0.25) is 5.02 Å². The van der Waals surface area contributed by atoms with E-state index in [2.05, 4.69) is 4.98 Å². The lowest BCUT2D eigenvalue weighted by atomic mass is 10.2. The maximum atomic E-state index is 13.3. The van der Waals surface area contributed by atoms with Gasteiger partial charge in [-0.05, 0) is 39.3 Å². The number of pyridine rings is 1. The Morgan fingerprint density at radius 2 is 1.90 bits per heavy atom. The van der Waals surface area contributed by atoms with Crippen LogP contribution in [0.3, 0.4) is 0 Å². The smallest absolute Gasteiger partial charge is 0.410 e. The highest BCUT2D eigenvalue weighted by Crippen LogP contribution is 2.30. The predicted octanol–water partition coefficient (Wildman–Crippen LogP) is 2.81. The Bertz CT molecular complexity index is 1090. The van der Waals surface area contributed by atoms with E-state index in [0.717, 1.165) is 0 Å². The van der Waals surface area contributed by atoms with Gasteiger partial charge in [0.1, 0.15) is 5.60 Å². The molecule has 29 heavy (non-hydrogen) atoms. The zero-order valence-corrected chi connectivity index (χ0v) is 18.1. The molecule has 0 saturated carbocycles. The summed E-state index contributed by atoms with van der Waals surface area (Å²) in [6.07, 6.45) is 1.30. The van der Waals surface area contributed by atoms with Gasteiger partial charge in [0.2, 0.25) is 10.0 Å². The lowest BCUT2D eigenvalue weighted by Gasteiger charge is -2.26. The number of aromatic nitrogens is 1. The quantitative estimate of drug-likeness (QED) is 0.772. The molecule has 0 aliphatic carbocycles. The molecule has 1 aliphatic rings. The average Bonchev–Trinajstić information content (AvgIpc) is 2.90. The fourth-order valence-electron chi connectivity index (χ4n) is 3.24. The molecule has 8 nitrogen and oxygen atoms in total. The van der Waals surface area contributed by atoms with Gasteiger partial charge in [-0.15, -0.1) is 0 Å². The molecule has 0 unspecified atom stereocenters. The first-order valence-electron chi connectivity index (χ1n) is 9.29. The van der Waals surface area contributed by atoms with Crippen LogP contribution in [0.5, 0.6) is 0 Å². The van der Waals surface area contributed by atoms with Crippen molar-refractivity contribution in [3.8, 4) is 0 Å². The summed E-state index contributed by atoms with van der Waals surface area (Å²) in [6.45, 7) is 6.34. The fraction of sp³-hybridized carbons (Fsp3) is 0.474. The van der Waals surface area contributed by atoms with Crippen LogP contribution >= 0.6 is 11.6 Å². The van der Waals surface area contributed by atoms with Crippen molar-refractivity contribution >= 4 is 38.5 Å². The third-order valence-corrected chi connectivity index (χ3v) is 6.80. The van der Waals surface area contributed by atoms with Crippen LogP contribution in [-0.2, 0) is 14.8 Å². The van der Waals surface area contributed by atoms with Gasteiger partial charge in [0.05, 0.1) is 9.92 Å². The molecular weight excluding hydrogens is 418 g/mol. The minimum absolute atomic E-state index is 0.0168. The molecule has 1 amide bonds. The van der Waals surface area contributed by atoms with Crippen molar-refractivity contribution in [2.75, 3.05) is 26.2 Å². The highest BCUT2D eigenvalue weighted by molar-refractivity contribution is 7.89. The van der Waals surface area contributed by atoms with Crippen molar-refractivity contribution in [2.45, 2.75) is 37.7 Å². The summed E-state index contributed by atoms with van der Waals surface area (Å²) < 4.78 is 33.4. The molecular formula is C19H24ClN3O5S. The summed E-state index contributed by atoms with van der Waals surface area (Å²) >= 11 is 6.22. The summed E-state index contributed by atoms with van der Waals surface area (Å²) in [7, 11) is -3.92. The minimum atomic E-state index is -3.92. The molecule has 2 aromatic rings. The van der Waals surface area contributed by atoms with E-state index in [4.69, 9.17) is 16.3 Å². The van der Waals surface area contributed by atoms with Crippen LogP contribution in [0, 0.1) is 0 Å². The Balaban J connectivity index is 1.90. The molecule has 0 atom stereocenters. The van der Waals surface area contributed by atoms with Gasteiger partial charge < -0.3 is 14.6 Å². The number of amides is 1. The Labute approximate surface area is 174 Å². The predicted molar refractivity (Wildman–Crippen MR) is 111 cm³/mol. The number of nitrogens with zero attached hydrogens (tertiary/aromatic N) is 2. The van der Waals surface area contributed by atoms with Gasteiger partial charge in [-0.25, -0.2) is 13.2 Å². The van der Waals surface area contributed by atoms with Gasteiger partial charge in [0.15, 0.2) is 0 Å². The molecule has 1 aromatic carbocycles. The topological polar surface area (TPSA) is 99.8 Å². The van der Waals surface area contributed by atoms with Crippen molar-refractivity contribution in [2.24, 2.45) is 0 Å². The lowest BCUT2D eigenvalue weighted by molar-refractivity contribution is 0.0260. The Morgan fingerprint density at radius 3 is 2.59 bits per heavy atom. The van der Waals surface area contributed by atoms with E-state index in [9.17, 15) is 18.0 Å². The second-order valence-corrected chi connectivity index (χ2v) is 10.2. The van der Waals surface area contributed by atoms with E-state index in [1.54, 1.807) is 20.8 Å². The Kier molecular flexibility index (Phi) is 5.93. The van der Waals surface area contributed by atoms with Gasteiger partial charge in [0, 0.05) is 43.1 Å². The number of H-pyrrole nitrogens is 1. The molecule has 158 valence electrons. The number of sulfonamides is 1. The first-order chi connectivity index (χ1) is 13.5. The molecule has 0 bridgehead atoms. The molecule has 3 rings (SSSR count). The summed E-state index contributed by atoms with van der Waals surface area (Å²) in [5, 5.41) is 0.568. The van der Waals surface area contributed by atoms with Crippen molar-refractivity contribution in [1.82, 2.24) is 14.2 Å². The number of nitrogens with one attached hydrogen (secondary N) is 1. The molecule has 0 radical (unpaired) electrons. The molecule has 10 heteroatoms. The first-order valence-corrected chi connectivity index (χ1v) is 11.1. The third kappa shape index (κ3) is 4.57. The van der Waals surface area contributed by atoms with Gasteiger partial charge in [-0.3, -0.25) is 4.79 Å². The number of ether oxygens (including phenoxy) is 1. The second kappa shape index (κ2) is 7.97. The number of hydrogen-bond donors (Lipinski definition) is 1. The van der Waals surface area contributed by atoms with E-state index in [1.165, 1.54) is 33.6 Å². The van der Waals surface area contributed by atoms with Gasteiger partial charge in [-0.2, -0.15) is 4.31 Å². The van der Waals surface area contributed by atoms with Gasteiger partial charge in [-0.1, -0.05) is 17.7 Å². The van der Waals surface area contributed by atoms with Crippen LogP contribution in [0.4, 0.5) is 4.79 Å². The molecule has 2 heterocycles. The standard InChI is InChI=1S/C19H24ClN3O5S/c1-19(2,3)28-18(25)22-8-5-9-23(11-10-22)29(26,27)15-7-4-6-13-16(15)14(20)12-21-17(13)24/h4,6-7,12H,5,8-11H2,1-3H3,(H,21,24). The first kappa shape index (κ1) is 21.6. The number of carbonyl (C=O) groups is 1. The highest BCUT2D eigenvalue weighted by Gasteiger charge is 2.31.